The van der Waals surface area contributed by atoms with Crippen molar-refractivity contribution in [3.05, 3.63) is 54.4 Å². The van der Waals surface area contributed by atoms with Crippen LogP contribution in [-0.2, 0) is 11.3 Å². The summed E-state index contributed by atoms with van der Waals surface area (Å²) in [5, 5.41) is 9.81. The molecule has 5 N–H and O–H groups in total. The molecule has 0 saturated carbocycles. The minimum atomic E-state index is -0.477. The van der Waals surface area contributed by atoms with Gasteiger partial charge in [0.2, 0.25) is 0 Å². The van der Waals surface area contributed by atoms with Crippen LogP contribution in [0.5, 0.6) is 0 Å². The Morgan fingerprint density at radius 3 is 2.08 bits per heavy atom. The maximum absolute atomic E-state index is 11.1. The highest BCUT2D eigenvalue weighted by molar-refractivity contribution is 9.10. The van der Waals surface area contributed by atoms with E-state index in [-0.39, 0.29) is 6.61 Å². The third kappa shape index (κ3) is 5.53. The summed E-state index contributed by atoms with van der Waals surface area (Å²) < 4.78 is 5.89. The van der Waals surface area contributed by atoms with Gasteiger partial charge in [-0.05, 0) is 56.1 Å². The molecule has 0 aliphatic rings. The number of halogens is 4. The van der Waals surface area contributed by atoms with Gasteiger partial charge in [-0.15, -0.1) is 0 Å². The summed E-state index contributed by atoms with van der Waals surface area (Å²) in [6.45, 7) is -0.0679. The minimum absolute atomic E-state index is 0.0679. The van der Waals surface area contributed by atoms with Gasteiger partial charge in [0.1, 0.15) is 0 Å². The smallest absolute Gasteiger partial charge is 0.339 e. The maximum Gasteiger partial charge on any atom is 0.339 e. The number of hydrogen-bond acceptors (Lipinski definition) is 5. The SMILES string of the molecule is COC(=O)c1cc(Br)c(Cl)cc1N.Nc1cc(Cl)c(Br)cc1CO. The van der Waals surface area contributed by atoms with Crippen molar-refractivity contribution in [2.45, 2.75) is 6.61 Å². The molecule has 0 fully saturated rings. The molecule has 0 aliphatic carbocycles. The fraction of sp³-hybridized carbons (Fsp3) is 0.133. The Balaban J connectivity index is 0.000000243. The number of methoxy groups -OCH3 is 1. The first kappa shape index (κ1) is 21.1. The zero-order chi connectivity index (χ0) is 18.4. The van der Waals surface area contributed by atoms with Gasteiger partial charge in [0, 0.05) is 25.9 Å². The van der Waals surface area contributed by atoms with Crippen LogP contribution in [0, 0.1) is 0 Å². The molecule has 9 heteroatoms. The first-order chi connectivity index (χ1) is 11.2. The van der Waals surface area contributed by atoms with E-state index in [1.807, 2.05) is 0 Å². The Labute approximate surface area is 166 Å². The third-order valence-corrected chi connectivity index (χ3v) is 5.24. The van der Waals surface area contributed by atoms with Gasteiger partial charge in [-0.3, -0.25) is 0 Å². The van der Waals surface area contributed by atoms with E-state index in [1.165, 1.54) is 19.2 Å². The molecule has 0 heterocycles. The number of aliphatic hydroxyl groups excluding tert-OH is 1. The van der Waals surface area contributed by atoms with E-state index < -0.39 is 5.97 Å². The van der Waals surface area contributed by atoms with Gasteiger partial charge in [0.05, 0.1) is 29.3 Å². The molecule has 5 nitrogen and oxygen atoms in total. The molecule has 0 atom stereocenters. The minimum Gasteiger partial charge on any atom is -0.465 e. The van der Waals surface area contributed by atoms with Crippen LogP contribution in [0.25, 0.3) is 0 Å². The number of benzene rings is 2. The Morgan fingerprint density at radius 1 is 1.08 bits per heavy atom. The molecule has 0 saturated heterocycles. The zero-order valence-corrected chi connectivity index (χ0v) is 17.1. The highest BCUT2D eigenvalue weighted by Gasteiger charge is 2.12. The lowest BCUT2D eigenvalue weighted by atomic mass is 10.2. The van der Waals surface area contributed by atoms with Gasteiger partial charge >= 0.3 is 5.97 Å². The number of carbonyl (C=O) groups is 1. The van der Waals surface area contributed by atoms with E-state index in [0.29, 0.717) is 37.0 Å². The van der Waals surface area contributed by atoms with Gasteiger partial charge in [0.25, 0.3) is 0 Å². The second-order valence-corrected chi connectivity index (χ2v) is 6.99. The van der Waals surface area contributed by atoms with E-state index >= 15 is 0 Å². The third-order valence-electron chi connectivity index (χ3n) is 2.85. The van der Waals surface area contributed by atoms with Crippen LogP contribution < -0.4 is 11.5 Å². The predicted molar refractivity (Wildman–Crippen MR) is 104 cm³/mol. The molecule has 0 aliphatic heterocycles. The Hall–Kier alpha value is -0.990. The fourth-order valence-electron chi connectivity index (χ4n) is 1.59. The average molecular weight is 501 g/mol. The van der Waals surface area contributed by atoms with Crippen molar-refractivity contribution in [2.75, 3.05) is 18.6 Å². The topological polar surface area (TPSA) is 98.6 Å². The summed E-state index contributed by atoms with van der Waals surface area (Å²) in [6.07, 6.45) is 0. The molecule has 0 aromatic heterocycles. The largest absolute Gasteiger partial charge is 0.465 e. The van der Waals surface area contributed by atoms with Crippen molar-refractivity contribution in [2.24, 2.45) is 0 Å². The lowest BCUT2D eigenvalue weighted by Crippen LogP contribution is -2.05. The fourth-order valence-corrected chi connectivity index (χ4v) is 2.67. The Kier molecular flexibility index (Phi) is 8.32. The molecule has 0 radical (unpaired) electrons. The Morgan fingerprint density at radius 2 is 1.58 bits per heavy atom. The molecule has 0 spiro atoms. The lowest BCUT2D eigenvalue weighted by Gasteiger charge is -2.05. The molecule has 2 rings (SSSR count). The van der Waals surface area contributed by atoms with E-state index in [4.69, 9.17) is 39.8 Å². The number of anilines is 2. The first-order valence-electron chi connectivity index (χ1n) is 6.38. The number of rotatable bonds is 2. The van der Waals surface area contributed by atoms with Crippen LogP contribution in [0.2, 0.25) is 10.0 Å². The van der Waals surface area contributed by atoms with Crippen LogP contribution in [0.1, 0.15) is 15.9 Å². The second-order valence-electron chi connectivity index (χ2n) is 4.47. The highest BCUT2D eigenvalue weighted by atomic mass is 79.9. The van der Waals surface area contributed by atoms with E-state index in [1.54, 1.807) is 12.1 Å². The van der Waals surface area contributed by atoms with E-state index in [0.717, 1.165) is 4.47 Å². The Bertz CT molecular complexity index is 758. The predicted octanol–water partition coefficient (Wildman–Crippen LogP) is 4.65. The maximum atomic E-state index is 11.1. The van der Waals surface area contributed by atoms with Crippen LogP contribution in [0.4, 0.5) is 11.4 Å². The molecule has 2 aromatic rings. The average Bonchev–Trinajstić information content (AvgIpc) is 2.54. The summed E-state index contributed by atoms with van der Waals surface area (Å²) >= 11 is 17.9. The summed E-state index contributed by atoms with van der Waals surface area (Å²) in [5.41, 5.74) is 12.9. The van der Waals surface area contributed by atoms with Gasteiger partial charge in [-0.2, -0.15) is 0 Å². The number of carbonyl (C=O) groups excluding carboxylic acids is 1. The number of hydrogen-bond donors (Lipinski definition) is 3. The van der Waals surface area contributed by atoms with E-state index in [9.17, 15) is 4.79 Å². The molecule has 0 amide bonds. The molecule has 130 valence electrons. The van der Waals surface area contributed by atoms with Crippen LogP contribution >= 0.6 is 55.1 Å². The standard InChI is InChI=1S/C8H7BrClNO2.C7H7BrClNO/c1-13-8(12)4-2-5(9)6(10)3-7(4)11;8-5-1-4(3-11)7(10)2-6(5)9/h2-3H,11H2,1H3;1-2,11H,3,10H2. The van der Waals surface area contributed by atoms with Crippen molar-refractivity contribution >= 4 is 72.4 Å². The first-order valence-corrected chi connectivity index (χ1v) is 8.72. The van der Waals surface area contributed by atoms with Gasteiger partial charge < -0.3 is 21.3 Å². The quantitative estimate of drug-likeness (QED) is 0.412. The lowest BCUT2D eigenvalue weighted by molar-refractivity contribution is 0.0602. The van der Waals surface area contributed by atoms with Crippen LogP contribution in [0.15, 0.2) is 33.2 Å². The number of ether oxygens (including phenoxy) is 1. The van der Waals surface area contributed by atoms with Gasteiger partial charge in [-0.1, -0.05) is 23.2 Å². The summed E-state index contributed by atoms with van der Waals surface area (Å²) in [5.74, 6) is -0.477. The monoisotopic (exact) mass is 498 g/mol. The molecule has 24 heavy (non-hydrogen) atoms. The number of nitrogen functional groups attached to an aromatic ring is 2. The van der Waals surface area contributed by atoms with Gasteiger partial charge in [0.15, 0.2) is 0 Å². The molecule has 0 bridgehead atoms. The van der Waals surface area contributed by atoms with Gasteiger partial charge in [-0.25, -0.2) is 4.79 Å². The van der Waals surface area contributed by atoms with Crippen LogP contribution in [0.3, 0.4) is 0 Å². The number of esters is 1. The second kappa shape index (κ2) is 9.48. The van der Waals surface area contributed by atoms with Crippen molar-refractivity contribution in [1.82, 2.24) is 0 Å². The summed E-state index contributed by atoms with van der Waals surface area (Å²) in [7, 11) is 1.30. The summed E-state index contributed by atoms with van der Waals surface area (Å²) in [4.78, 5) is 11.1. The van der Waals surface area contributed by atoms with Crippen molar-refractivity contribution in [3.8, 4) is 0 Å². The number of aliphatic hydroxyl groups is 1. The van der Waals surface area contributed by atoms with Crippen molar-refractivity contribution in [1.29, 1.82) is 0 Å². The summed E-state index contributed by atoms with van der Waals surface area (Å²) in [6, 6.07) is 6.34. The highest BCUT2D eigenvalue weighted by Crippen LogP contribution is 2.28. The van der Waals surface area contributed by atoms with E-state index in [2.05, 4.69) is 36.6 Å². The van der Waals surface area contributed by atoms with Crippen LogP contribution in [-0.4, -0.2) is 18.2 Å². The molecule has 2 aromatic carbocycles. The van der Waals surface area contributed by atoms with Crippen molar-refractivity contribution in [3.63, 3.8) is 0 Å². The zero-order valence-electron chi connectivity index (χ0n) is 12.4. The number of nitrogens with two attached hydrogens (primary N) is 2. The van der Waals surface area contributed by atoms with Crippen molar-refractivity contribution < 1.29 is 14.6 Å². The normalized spacial score (nSPS) is 9.92. The molecule has 0 unspecified atom stereocenters. The molecular weight excluding hydrogens is 487 g/mol. The molecular formula is C15H14Br2Cl2N2O3.